The highest BCUT2D eigenvalue weighted by molar-refractivity contribution is 4.94. The molecule has 8 fully saturated rings. The fraction of sp³-hybridized carbons (Fsp3) is 1.00. The zero-order valence-electron chi connectivity index (χ0n) is 49.9. The average molecular weight is 1440 g/mol. The Morgan fingerprint density at radius 2 is 0.292 bits per heavy atom. The summed E-state index contributed by atoms with van der Waals surface area (Å²) in [5.41, 5.74) is 0. The molecule has 0 bridgehead atoms. The van der Waals surface area contributed by atoms with E-state index in [2.05, 4.69) is 37.9 Å². The lowest BCUT2D eigenvalue weighted by Crippen LogP contribution is -2.58. The Morgan fingerprint density at radius 3 is 0.396 bits per heavy atom. The van der Waals surface area contributed by atoms with Gasteiger partial charge in [-0.3, -0.25) is 0 Å². The van der Waals surface area contributed by atoms with Crippen molar-refractivity contribution >= 4 is 0 Å². The van der Waals surface area contributed by atoms with E-state index in [-0.39, 0.29) is 0 Å². The Bertz CT molecular complexity index is 1730. The van der Waals surface area contributed by atoms with Crippen LogP contribution in [0.4, 0.5) is 0 Å². The third-order valence-corrected chi connectivity index (χ3v) is 14.8. The SMILES string of the molecule is OCC1O[C@@H](O)C(O)[C@H](O)[C@H]1O.OCC1O[C@@H](O)C(O)[C@H](O)[C@H]1O.OCC1O[C@H](O)C(O)[C@H](O)[C@H]1O.OCC1O[C@H](O)C(O)[C@H](O)[C@H]1O.OC[C@H](O)[C@@H]1O[C@@H](O)[C@@H](O)[C@H]1O.OC[C@H](O)[C@@H]1O[C@@H](O)[C@H](O)[C@H]1O.OC[C@H](O)[C@@H]1O[C@H](O)[C@@H](O)[C@H]1O.OC[C@H](O)[C@@H]1O[C@H](O)[C@H](O)[C@H]1O. The highest BCUT2D eigenvalue weighted by atomic mass is 16.7. The van der Waals surface area contributed by atoms with E-state index in [1.54, 1.807) is 0 Å². The summed E-state index contributed by atoms with van der Waals surface area (Å²) in [7, 11) is 0. The summed E-state index contributed by atoms with van der Waals surface area (Å²) in [6.45, 7) is -4.49. The number of aliphatic hydroxyl groups is 40. The maximum Gasteiger partial charge on any atom is 0.184 e. The Balaban J connectivity index is 0.000000549. The molecule has 0 saturated carbocycles. The van der Waals surface area contributed by atoms with Gasteiger partial charge in [0.15, 0.2) is 50.3 Å². The van der Waals surface area contributed by atoms with Crippen molar-refractivity contribution in [1.82, 2.24) is 0 Å². The molecule has 40 N–H and O–H groups in total. The summed E-state index contributed by atoms with van der Waals surface area (Å²) in [4.78, 5) is 0. The molecule has 8 unspecified atom stereocenters. The van der Waals surface area contributed by atoms with E-state index in [0.717, 1.165) is 0 Å². The van der Waals surface area contributed by atoms with E-state index in [4.69, 9.17) is 204 Å². The van der Waals surface area contributed by atoms with Crippen LogP contribution >= 0.6 is 0 Å². The molecule has 0 spiro atoms. The molecule has 48 heteroatoms. The van der Waals surface area contributed by atoms with Gasteiger partial charge in [-0.1, -0.05) is 0 Å². The minimum atomic E-state index is -1.57. The number of hydrogen-bond acceptors (Lipinski definition) is 48. The number of rotatable bonds is 12. The largest absolute Gasteiger partial charge is 0.394 e. The molecule has 0 amide bonds. The Hall–Kier alpha value is -1.92. The number of aliphatic hydroxyl groups excluding tert-OH is 40. The van der Waals surface area contributed by atoms with Crippen molar-refractivity contribution in [1.29, 1.82) is 0 Å². The third kappa shape index (κ3) is 25.2. The summed E-state index contributed by atoms with van der Waals surface area (Å²) >= 11 is 0. The van der Waals surface area contributed by atoms with Gasteiger partial charge in [0.05, 0.1) is 52.9 Å². The molecule has 0 aliphatic carbocycles. The molecular formula is C48H96O48. The minimum Gasteiger partial charge on any atom is -0.394 e. The standard InChI is InChI=1S/8C6H12O6/c4*7-1-2(8)5-3(9)4(10)6(11)12-5;4*7-1-2-3(8)4(9)5(10)6(11)12-2/h8*2-11H,1H2/t2-,3+,4+,5-,6+;2-,3+,4+,5-,6-;2-,3+,4-,5-,6+;2-,3+,4-,5-,6-;2*2?,3-,4+,5?,6+;2*2?,3-,4+,5?,6-/m00000000/s1. The second-order valence-corrected chi connectivity index (χ2v) is 21.8. The Kier molecular flexibility index (Phi) is 42.1. The molecule has 8 aliphatic rings. The van der Waals surface area contributed by atoms with Crippen molar-refractivity contribution in [2.75, 3.05) is 52.9 Å². The smallest absolute Gasteiger partial charge is 0.184 e. The quantitative estimate of drug-likeness (QED) is 0.0863. The lowest BCUT2D eigenvalue weighted by molar-refractivity contribution is -0.286. The van der Waals surface area contributed by atoms with Crippen molar-refractivity contribution in [2.45, 2.75) is 246 Å². The normalized spacial score (nSPS) is 47.0. The number of hydrogen-bond donors (Lipinski definition) is 40. The van der Waals surface area contributed by atoms with Gasteiger partial charge in [0.1, 0.15) is 195 Å². The summed E-state index contributed by atoms with van der Waals surface area (Å²) in [5.74, 6) is 0. The fourth-order valence-electron chi connectivity index (χ4n) is 8.76. The maximum atomic E-state index is 9.12. The van der Waals surface area contributed by atoms with Gasteiger partial charge in [0, 0.05) is 0 Å². The van der Waals surface area contributed by atoms with Crippen LogP contribution in [-0.2, 0) is 37.9 Å². The molecule has 48 nitrogen and oxygen atoms in total. The van der Waals surface area contributed by atoms with Crippen LogP contribution in [0.5, 0.6) is 0 Å². The lowest BCUT2D eigenvalue weighted by atomic mass is 10.00. The van der Waals surface area contributed by atoms with E-state index >= 15 is 0 Å². The van der Waals surface area contributed by atoms with Gasteiger partial charge in [-0.2, -0.15) is 0 Å². The van der Waals surface area contributed by atoms with Crippen molar-refractivity contribution in [3.05, 3.63) is 0 Å². The van der Waals surface area contributed by atoms with Gasteiger partial charge in [0.25, 0.3) is 0 Å². The van der Waals surface area contributed by atoms with Gasteiger partial charge in [-0.25, -0.2) is 0 Å². The Labute approximate surface area is 540 Å². The molecule has 96 heavy (non-hydrogen) atoms. The van der Waals surface area contributed by atoms with Gasteiger partial charge < -0.3 is 242 Å². The average Bonchev–Trinajstić information content (AvgIpc) is 1.87. The molecule has 0 radical (unpaired) electrons. The first kappa shape index (κ1) is 92.1. The molecule has 8 heterocycles. The van der Waals surface area contributed by atoms with E-state index in [9.17, 15) is 0 Å². The van der Waals surface area contributed by atoms with Gasteiger partial charge >= 0.3 is 0 Å². The van der Waals surface area contributed by atoms with Gasteiger partial charge in [-0.05, 0) is 0 Å². The zero-order chi connectivity index (χ0) is 74.4. The Morgan fingerprint density at radius 1 is 0.167 bits per heavy atom. The highest BCUT2D eigenvalue weighted by Crippen LogP contribution is 2.27. The van der Waals surface area contributed by atoms with E-state index in [1.807, 2.05) is 0 Å². The van der Waals surface area contributed by atoms with Crippen molar-refractivity contribution < 1.29 is 242 Å². The van der Waals surface area contributed by atoms with Crippen LogP contribution in [-0.4, -0.2) is 503 Å². The second-order valence-electron chi connectivity index (χ2n) is 21.8. The molecule has 40 atom stereocenters. The van der Waals surface area contributed by atoms with Crippen LogP contribution in [0.3, 0.4) is 0 Å². The minimum absolute atomic E-state index is 0.526. The maximum absolute atomic E-state index is 9.12. The van der Waals surface area contributed by atoms with Crippen LogP contribution in [0.1, 0.15) is 0 Å². The molecule has 8 saturated heterocycles. The number of ether oxygens (including phenoxy) is 8. The third-order valence-electron chi connectivity index (χ3n) is 14.8. The fourth-order valence-corrected chi connectivity index (χ4v) is 8.76. The van der Waals surface area contributed by atoms with Crippen molar-refractivity contribution in [2.24, 2.45) is 0 Å². The monoisotopic (exact) mass is 1440 g/mol. The summed E-state index contributed by atoms with van der Waals surface area (Å²) < 4.78 is 36.6. The van der Waals surface area contributed by atoms with Crippen molar-refractivity contribution in [3.63, 3.8) is 0 Å². The predicted molar refractivity (Wildman–Crippen MR) is 288 cm³/mol. The topological polar surface area (TPSA) is 883 Å². The molecule has 8 rings (SSSR count). The first-order chi connectivity index (χ1) is 44.6. The molecule has 0 aromatic carbocycles. The van der Waals surface area contributed by atoms with Crippen LogP contribution < -0.4 is 0 Å². The zero-order valence-corrected chi connectivity index (χ0v) is 49.9. The van der Waals surface area contributed by atoms with Gasteiger partial charge in [-0.15, -0.1) is 0 Å². The van der Waals surface area contributed by atoms with Crippen LogP contribution in [0, 0.1) is 0 Å². The molecule has 0 aromatic heterocycles. The lowest BCUT2D eigenvalue weighted by Gasteiger charge is -2.37. The van der Waals surface area contributed by atoms with Crippen LogP contribution in [0.25, 0.3) is 0 Å². The molecule has 576 valence electrons. The van der Waals surface area contributed by atoms with E-state index in [1.165, 1.54) is 0 Å². The van der Waals surface area contributed by atoms with Crippen LogP contribution in [0.2, 0.25) is 0 Å². The summed E-state index contributed by atoms with van der Waals surface area (Å²) in [6, 6.07) is 0. The van der Waals surface area contributed by atoms with Gasteiger partial charge in [0.2, 0.25) is 0 Å². The highest BCUT2D eigenvalue weighted by Gasteiger charge is 2.50. The second kappa shape index (κ2) is 43.9. The summed E-state index contributed by atoms with van der Waals surface area (Å²) in [6.07, 6.45) is -55.2. The van der Waals surface area contributed by atoms with E-state index < -0.39 is 299 Å². The van der Waals surface area contributed by atoms with E-state index in [0.29, 0.717) is 0 Å². The molecular weight excluding hydrogens is 1340 g/mol. The summed E-state index contributed by atoms with van der Waals surface area (Å²) in [5, 5.41) is 356. The first-order valence-electron chi connectivity index (χ1n) is 28.5. The first-order valence-corrected chi connectivity index (χ1v) is 28.5. The van der Waals surface area contributed by atoms with Crippen molar-refractivity contribution in [3.8, 4) is 0 Å². The molecule has 8 aliphatic heterocycles. The molecule has 0 aromatic rings. The van der Waals surface area contributed by atoms with Crippen LogP contribution in [0.15, 0.2) is 0 Å². The predicted octanol–water partition coefficient (Wildman–Crippen LogP) is -25.8.